The van der Waals surface area contributed by atoms with Gasteiger partial charge in [-0.25, -0.2) is 0 Å². The van der Waals surface area contributed by atoms with Crippen molar-refractivity contribution in [1.29, 1.82) is 0 Å². The minimum atomic E-state index is -3.54. The summed E-state index contributed by atoms with van der Waals surface area (Å²) in [4.78, 5) is 12.5. The maximum atomic E-state index is 13.4. The Hall–Kier alpha value is -1.16. The van der Waals surface area contributed by atoms with Crippen LogP contribution in [0.3, 0.4) is 0 Å². The fourth-order valence-electron chi connectivity index (χ4n) is 1.94. The van der Waals surface area contributed by atoms with E-state index in [1.165, 1.54) is 0 Å². The van der Waals surface area contributed by atoms with Crippen molar-refractivity contribution < 1.29 is 18.4 Å². The first-order valence-electron chi connectivity index (χ1n) is 8.49. The number of rotatable bonds is 9. The summed E-state index contributed by atoms with van der Waals surface area (Å²) in [5.74, 6) is -1.01. The Morgan fingerprint density at radius 3 is 2.00 bits per heavy atom. The lowest BCUT2D eigenvalue weighted by Gasteiger charge is -2.30. The van der Waals surface area contributed by atoms with Crippen LogP contribution in [0.1, 0.15) is 58.8 Å². The van der Waals surface area contributed by atoms with E-state index in [4.69, 9.17) is 9.05 Å². The fraction of sp³-hybridized carbons (Fsp3) is 0.611. The summed E-state index contributed by atoms with van der Waals surface area (Å²) in [6.07, 6.45) is 1.43. The molecule has 6 heteroatoms. The monoisotopic (exact) mass is 355 g/mol. The molecule has 5 nitrogen and oxygen atoms in total. The van der Waals surface area contributed by atoms with Crippen LogP contribution < -0.4 is 5.32 Å². The predicted molar refractivity (Wildman–Crippen MR) is 96.9 cm³/mol. The normalized spacial score (nSPS) is 13.5. The standard InChI is InChI=1S/C18H30NO4P/c1-6-13-22-24(21,23-14-7-2)16(15-11-9-8-10-12-15)19-17(20)18(3,4)5/h8-12,16H,6-7,13-14H2,1-5H3,(H,19,20)/t16-/m1/s1. The van der Waals surface area contributed by atoms with Crippen molar-refractivity contribution in [3.63, 3.8) is 0 Å². The van der Waals surface area contributed by atoms with Gasteiger partial charge >= 0.3 is 7.60 Å². The molecule has 0 heterocycles. The largest absolute Gasteiger partial charge is 0.357 e. The highest BCUT2D eigenvalue weighted by atomic mass is 31.2. The second kappa shape index (κ2) is 9.36. The predicted octanol–water partition coefficient (Wildman–Crippen LogP) is 4.89. The number of nitrogens with one attached hydrogen (secondary N) is 1. The third-order valence-electron chi connectivity index (χ3n) is 3.33. The Balaban J connectivity index is 3.21. The van der Waals surface area contributed by atoms with Crippen LogP contribution in [0.4, 0.5) is 0 Å². The smallest absolute Gasteiger partial charge is 0.338 e. The Bertz CT molecular complexity index is 542. The summed E-state index contributed by atoms with van der Waals surface area (Å²) in [5, 5.41) is 2.88. The van der Waals surface area contributed by atoms with Gasteiger partial charge in [0.15, 0.2) is 5.78 Å². The number of hydrogen-bond acceptors (Lipinski definition) is 4. The maximum Gasteiger partial charge on any atom is 0.357 e. The van der Waals surface area contributed by atoms with Crippen LogP contribution in [0.25, 0.3) is 0 Å². The molecule has 0 aliphatic rings. The van der Waals surface area contributed by atoms with Crippen LogP contribution >= 0.6 is 7.60 Å². The number of carbonyl (C=O) groups is 1. The fourth-order valence-corrected chi connectivity index (χ4v) is 4.00. The topological polar surface area (TPSA) is 64.6 Å². The molecule has 0 aliphatic heterocycles. The number of carbonyl (C=O) groups excluding carboxylic acids is 1. The van der Waals surface area contributed by atoms with Crippen molar-refractivity contribution in [2.24, 2.45) is 5.41 Å². The molecule has 136 valence electrons. The number of amides is 1. The molecule has 0 unspecified atom stereocenters. The third kappa shape index (κ3) is 6.04. The highest BCUT2D eigenvalue weighted by Crippen LogP contribution is 2.60. The van der Waals surface area contributed by atoms with Gasteiger partial charge in [0.25, 0.3) is 0 Å². The molecule has 1 N–H and O–H groups in total. The van der Waals surface area contributed by atoms with Gasteiger partial charge in [-0.1, -0.05) is 65.0 Å². The molecule has 0 spiro atoms. The lowest BCUT2D eigenvalue weighted by molar-refractivity contribution is -0.128. The second-order valence-electron chi connectivity index (χ2n) is 6.74. The van der Waals surface area contributed by atoms with Gasteiger partial charge in [0, 0.05) is 5.41 Å². The second-order valence-corrected chi connectivity index (χ2v) is 8.86. The molecule has 0 radical (unpaired) electrons. The molecule has 0 aliphatic carbocycles. The van der Waals surface area contributed by atoms with Crippen molar-refractivity contribution in [2.45, 2.75) is 53.2 Å². The first kappa shape index (κ1) is 20.9. The zero-order valence-electron chi connectivity index (χ0n) is 15.4. The van der Waals surface area contributed by atoms with Crippen LogP contribution in [0.2, 0.25) is 0 Å². The zero-order valence-corrected chi connectivity index (χ0v) is 16.3. The number of benzene rings is 1. The Labute approximate surface area is 145 Å². The summed E-state index contributed by atoms with van der Waals surface area (Å²) in [6, 6.07) is 9.21. The molecule has 1 aromatic rings. The van der Waals surface area contributed by atoms with Crippen LogP contribution in [0.5, 0.6) is 0 Å². The average molecular weight is 355 g/mol. The highest BCUT2D eigenvalue weighted by molar-refractivity contribution is 7.54. The van der Waals surface area contributed by atoms with Gasteiger partial charge < -0.3 is 14.4 Å². The lowest BCUT2D eigenvalue weighted by Crippen LogP contribution is -2.38. The highest BCUT2D eigenvalue weighted by Gasteiger charge is 2.40. The molecule has 0 fully saturated rings. The van der Waals surface area contributed by atoms with Crippen molar-refractivity contribution in [3.05, 3.63) is 35.9 Å². The molecule has 1 aromatic carbocycles. The van der Waals surface area contributed by atoms with E-state index in [0.717, 1.165) is 0 Å². The summed E-state index contributed by atoms with van der Waals surface area (Å²) in [6.45, 7) is 9.95. The zero-order chi connectivity index (χ0) is 18.2. The van der Waals surface area contributed by atoms with Gasteiger partial charge in [0.1, 0.15) is 0 Å². The molecule has 0 bridgehead atoms. The number of hydrogen-bond donors (Lipinski definition) is 1. The van der Waals surface area contributed by atoms with Crippen LogP contribution in [0.15, 0.2) is 30.3 Å². The summed E-state index contributed by atoms with van der Waals surface area (Å²) in [5.41, 5.74) is 0.110. The first-order chi connectivity index (χ1) is 11.2. The van der Waals surface area contributed by atoms with E-state index in [-0.39, 0.29) is 5.91 Å². The Kier molecular flexibility index (Phi) is 8.14. The van der Waals surface area contributed by atoms with Crippen molar-refractivity contribution in [1.82, 2.24) is 5.32 Å². The first-order valence-corrected chi connectivity index (χ1v) is 10.1. The molecule has 1 atom stereocenters. The Morgan fingerprint density at radius 2 is 1.58 bits per heavy atom. The molecular formula is C18H30NO4P. The van der Waals surface area contributed by atoms with Gasteiger partial charge in [0.2, 0.25) is 5.91 Å². The molecule has 24 heavy (non-hydrogen) atoms. The lowest BCUT2D eigenvalue weighted by atomic mass is 9.95. The van der Waals surface area contributed by atoms with Crippen molar-refractivity contribution >= 4 is 13.5 Å². The third-order valence-corrected chi connectivity index (χ3v) is 5.48. The molecule has 1 rings (SSSR count). The van der Waals surface area contributed by atoms with Gasteiger partial charge in [-0.3, -0.25) is 9.36 Å². The van der Waals surface area contributed by atoms with Crippen molar-refractivity contribution in [3.8, 4) is 0 Å². The molecule has 0 saturated carbocycles. The van der Waals surface area contributed by atoms with Crippen LogP contribution in [0, 0.1) is 5.41 Å². The van der Waals surface area contributed by atoms with E-state index in [0.29, 0.717) is 31.6 Å². The van der Waals surface area contributed by atoms with E-state index < -0.39 is 18.8 Å². The Morgan fingerprint density at radius 1 is 1.08 bits per heavy atom. The minimum Gasteiger partial charge on any atom is -0.338 e. The molecule has 0 aromatic heterocycles. The van der Waals surface area contributed by atoms with Crippen LogP contribution in [-0.2, 0) is 18.4 Å². The van der Waals surface area contributed by atoms with E-state index >= 15 is 0 Å². The quantitative estimate of drug-likeness (QED) is 0.640. The molecule has 1 amide bonds. The van der Waals surface area contributed by atoms with Gasteiger partial charge in [-0.05, 0) is 18.4 Å². The average Bonchev–Trinajstić information content (AvgIpc) is 2.55. The van der Waals surface area contributed by atoms with E-state index in [1.807, 2.05) is 65.0 Å². The molecular weight excluding hydrogens is 325 g/mol. The van der Waals surface area contributed by atoms with Crippen LogP contribution in [-0.4, -0.2) is 19.1 Å². The maximum absolute atomic E-state index is 13.4. The summed E-state index contributed by atoms with van der Waals surface area (Å²) >= 11 is 0. The van der Waals surface area contributed by atoms with Gasteiger partial charge in [-0.15, -0.1) is 0 Å². The summed E-state index contributed by atoms with van der Waals surface area (Å²) in [7, 11) is -3.54. The van der Waals surface area contributed by atoms with Gasteiger partial charge in [0.05, 0.1) is 13.2 Å². The SMILES string of the molecule is CCCOP(=O)(OCCC)[C@@H](NC(=O)C(C)(C)C)c1ccccc1. The van der Waals surface area contributed by atoms with Gasteiger partial charge in [-0.2, -0.15) is 0 Å². The summed E-state index contributed by atoms with van der Waals surface area (Å²) < 4.78 is 24.7. The van der Waals surface area contributed by atoms with Crippen molar-refractivity contribution in [2.75, 3.05) is 13.2 Å². The molecule has 0 saturated heterocycles. The van der Waals surface area contributed by atoms with E-state index in [2.05, 4.69) is 5.32 Å². The van der Waals surface area contributed by atoms with E-state index in [9.17, 15) is 9.36 Å². The van der Waals surface area contributed by atoms with E-state index in [1.54, 1.807) is 0 Å². The minimum absolute atomic E-state index is 0.197.